The zero-order chi connectivity index (χ0) is 17.2. The second kappa shape index (κ2) is 6.60. The molecule has 2 aromatic heterocycles. The van der Waals surface area contributed by atoms with Crippen LogP contribution in [0.2, 0.25) is 0 Å². The van der Waals surface area contributed by atoms with Gasteiger partial charge < -0.3 is 24.0 Å². The first-order chi connectivity index (χ1) is 11.5. The molecule has 0 amide bonds. The summed E-state index contributed by atoms with van der Waals surface area (Å²) in [5, 5.41) is 19.0. The second-order valence-electron chi connectivity index (χ2n) is 6.04. The Morgan fingerprint density at radius 1 is 1.25 bits per heavy atom. The van der Waals surface area contributed by atoms with E-state index in [1.54, 1.807) is 26.6 Å². The van der Waals surface area contributed by atoms with E-state index in [1.165, 1.54) is 0 Å². The Kier molecular flexibility index (Phi) is 4.52. The lowest BCUT2D eigenvalue weighted by atomic mass is 9.89. The van der Waals surface area contributed by atoms with E-state index in [-0.39, 0.29) is 0 Å². The number of anilines is 1. The van der Waals surface area contributed by atoms with Crippen LogP contribution in [0.3, 0.4) is 0 Å². The van der Waals surface area contributed by atoms with Gasteiger partial charge in [-0.05, 0) is 12.8 Å². The van der Waals surface area contributed by atoms with Crippen LogP contribution in [-0.4, -0.2) is 62.7 Å². The minimum atomic E-state index is -0.904. The van der Waals surface area contributed by atoms with Crippen molar-refractivity contribution in [1.29, 1.82) is 0 Å². The maximum Gasteiger partial charge on any atom is 0.232 e. The van der Waals surface area contributed by atoms with Crippen molar-refractivity contribution in [1.82, 2.24) is 24.7 Å². The topological polar surface area (TPSA) is 98.4 Å². The highest BCUT2D eigenvalue weighted by Crippen LogP contribution is 2.28. The van der Waals surface area contributed by atoms with Crippen LogP contribution in [0.15, 0.2) is 12.4 Å². The van der Waals surface area contributed by atoms with Crippen LogP contribution in [0.4, 0.5) is 5.95 Å². The van der Waals surface area contributed by atoms with Gasteiger partial charge in [-0.1, -0.05) is 0 Å². The monoisotopic (exact) mass is 334 g/mol. The molecule has 3 heterocycles. The molecule has 1 unspecified atom stereocenters. The van der Waals surface area contributed by atoms with E-state index >= 15 is 0 Å². The number of rotatable bonds is 5. The molecule has 1 aliphatic heterocycles. The second-order valence-corrected chi connectivity index (χ2v) is 6.04. The summed E-state index contributed by atoms with van der Waals surface area (Å²) in [5.41, 5.74) is -0.904. The number of aryl methyl sites for hydroxylation is 1. The first-order valence-electron chi connectivity index (χ1n) is 7.80. The molecule has 0 saturated carbocycles. The lowest BCUT2D eigenvalue weighted by Gasteiger charge is -2.39. The quantitative estimate of drug-likeness (QED) is 0.828. The minimum Gasteiger partial charge on any atom is -0.481 e. The average Bonchev–Trinajstić information content (AvgIpc) is 2.98. The highest BCUT2D eigenvalue weighted by molar-refractivity contribution is 5.38. The van der Waals surface area contributed by atoms with Crippen LogP contribution < -0.4 is 14.4 Å². The van der Waals surface area contributed by atoms with Gasteiger partial charge in [0.05, 0.1) is 32.4 Å². The Morgan fingerprint density at radius 2 is 1.96 bits per heavy atom. The lowest BCUT2D eigenvalue weighted by molar-refractivity contribution is 0.0233. The normalized spacial score (nSPS) is 20.9. The largest absolute Gasteiger partial charge is 0.481 e. The van der Waals surface area contributed by atoms with Gasteiger partial charge in [0.1, 0.15) is 12.2 Å². The van der Waals surface area contributed by atoms with Crippen molar-refractivity contribution in [2.24, 2.45) is 7.05 Å². The van der Waals surface area contributed by atoms with Crippen molar-refractivity contribution in [3.05, 3.63) is 18.2 Å². The van der Waals surface area contributed by atoms with E-state index in [9.17, 15) is 5.11 Å². The molecule has 1 aliphatic rings. The van der Waals surface area contributed by atoms with E-state index < -0.39 is 5.60 Å². The Labute approximate surface area is 140 Å². The number of hydrogen-bond donors (Lipinski definition) is 1. The summed E-state index contributed by atoms with van der Waals surface area (Å²) in [6, 6.07) is 1.62. The summed E-state index contributed by atoms with van der Waals surface area (Å²) < 4.78 is 12.2. The van der Waals surface area contributed by atoms with Gasteiger partial charge in [-0.2, -0.15) is 9.97 Å². The van der Waals surface area contributed by atoms with Gasteiger partial charge in [0.15, 0.2) is 0 Å². The van der Waals surface area contributed by atoms with Crippen molar-refractivity contribution in [3.8, 4) is 11.8 Å². The van der Waals surface area contributed by atoms with Gasteiger partial charge in [-0.3, -0.25) is 0 Å². The molecule has 3 rings (SSSR count). The molecular formula is C15H22N6O3. The standard InChI is InChI=1S/C15H22N6O3/c1-20-10-16-19-11(20)8-15(22)5-4-6-21(9-15)14-17-12(23-2)7-13(18-14)24-3/h7,10,22H,4-6,8-9H2,1-3H3. The molecule has 9 heteroatoms. The molecule has 0 aliphatic carbocycles. The highest BCUT2D eigenvalue weighted by Gasteiger charge is 2.36. The molecule has 0 radical (unpaired) electrons. The van der Waals surface area contributed by atoms with Crippen molar-refractivity contribution < 1.29 is 14.6 Å². The Hall–Kier alpha value is -2.42. The molecule has 9 nitrogen and oxygen atoms in total. The van der Waals surface area contributed by atoms with Gasteiger partial charge in [0, 0.05) is 20.0 Å². The number of ether oxygens (including phenoxy) is 2. The minimum absolute atomic E-state index is 0.413. The molecule has 130 valence electrons. The summed E-state index contributed by atoms with van der Waals surface area (Å²) in [6.45, 7) is 1.17. The van der Waals surface area contributed by atoms with Gasteiger partial charge >= 0.3 is 0 Å². The van der Waals surface area contributed by atoms with Crippen molar-refractivity contribution in [3.63, 3.8) is 0 Å². The molecule has 0 aromatic carbocycles. The third-order valence-electron chi connectivity index (χ3n) is 4.22. The predicted octanol–water partition coefficient (Wildman–Crippen LogP) is 0.196. The van der Waals surface area contributed by atoms with Gasteiger partial charge in [0.2, 0.25) is 17.7 Å². The Bertz CT molecular complexity index is 684. The number of hydrogen-bond acceptors (Lipinski definition) is 8. The zero-order valence-corrected chi connectivity index (χ0v) is 14.1. The number of methoxy groups -OCH3 is 2. The highest BCUT2D eigenvalue weighted by atomic mass is 16.5. The maximum absolute atomic E-state index is 11.0. The summed E-state index contributed by atoms with van der Waals surface area (Å²) >= 11 is 0. The number of aliphatic hydroxyl groups is 1. The molecule has 24 heavy (non-hydrogen) atoms. The SMILES string of the molecule is COc1cc(OC)nc(N2CCCC(O)(Cc3nncn3C)C2)n1. The fraction of sp³-hybridized carbons (Fsp3) is 0.600. The van der Waals surface area contributed by atoms with Gasteiger partial charge in [0.25, 0.3) is 0 Å². The molecule has 2 aromatic rings. The molecular weight excluding hydrogens is 312 g/mol. The average molecular weight is 334 g/mol. The first kappa shape index (κ1) is 16.4. The summed E-state index contributed by atoms with van der Waals surface area (Å²) in [6.07, 6.45) is 3.59. The number of aromatic nitrogens is 5. The number of piperidine rings is 1. The van der Waals surface area contributed by atoms with Crippen molar-refractivity contribution in [2.75, 3.05) is 32.2 Å². The summed E-state index contributed by atoms with van der Waals surface area (Å²) in [4.78, 5) is 10.7. The summed E-state index contributed by atoms with van der Waals surface area (Å²) in [5.74, 6) is 2.10. The van der Waals surface area contributed by atoms with E-state index in [0.717, 1.165) is 18.8 Å². The van der Waals surface area contributed by atoms with E-state index in [1.807, 2.05) is 16.5 Å². The predicted molar refractivity (Wildman–Crippen MR) is 86.2 cm³/mol. The zero-order valence-electron chi connectivity index (χ0n) is 14.1. The van der Waals surface area contributed by atoms with Crippen LogP contribution in [0.5, 0.6) is 11.8 Å². The third-order valence-corrected chi connectivity index (χ3v) is 4.22. The maximum atomic E-state index is 11.0. The van der Waals surface area contributed by atoms with E-state index in [2.05, 4.69) is 20.2 Å². The van der Waals surface area contributed by atoms with Gasteiger partial charge in [-0.15, -0.1) is 10.2 Å². The van der Waals surface area contributed by atoms with Crippen LogP contribution in [0.25, 0.3) is 0 Å². The molecule has 1 fully saturated rings. The fourth-order valence-corrected chi connectivity index (χ4v) is 2.93. The number of β-amino-alcohol motifs (C(OH)–C–C–N with tert-alkyl or cyclic N) is 1. The molecule has 0 bridgehead atoms. The molecule has 1 atom stereocenters. The van der Waals surface area contributed by atoms with Crippen molar-refractivity contribution >= 4 is 5.95 Å². The Morgan fingerprint density at radius 3 is 2.54 bits per heavy atom. The van der Waals surface area contributed by atoms with E-state index in [0.29, 0.717) is 37.1 Å². The summed E-state index contributed by atoms with van der Waals surface area (Å²) in [7, 11) is 4.97. The van der Waals surface area contributed by atoms with Crippen LogP contribution in [0, 0.1) is 0 Å². The van der Waals surface area contributed by atoms with Crippen molar-refractivity contribution in [2.45, 2.75) is 24.9 Å². The third kappa shape index (κ3) is 3.40. The van der Waals surface area contributed by atoms with E-state index in [4.69, 9.17) is 9.47 Å². The van der Waals surface area contributed by atoms with Crippen LogP contribution in [0.1, 0.15) is 18.7 Å². The van der Waals surface area contributed by atoms with Gasteiger partial charge in [-0.25, -0.2) is 0 Å². The van der Waals surface area contributed by atoms with Crippen LogP contribution >= 0.6 is 0 Å². The fourth-order valence-electron chi connectivity index (χ4n) is 2.93. The Balaban J connectivity index is 1.81. The number of nitrogens with zero attached hydrogens (tertiary/aromatic N) is 6. The molecule has 0 spiro atoms. The smallest absolute Gasteiger partial charge is 0.232 e. The molecule has 1 N–H and O–H groups in total. The van der Waals surface area contributed by atoms with Crippen LogP contribution in [-0.2, 0) is 13.5 Å². The lowest BCUT2D eigenvalue weighted by Crippen LogP contribution is -2.50. The first-order valence-corrected chi connectivity index (χ1v) is 7.80. The molecule has 1 saturated heterocycles.